The molecule has 0 bridgehead atoms. The lowest BCUT2D eigenvalue weighted by Gasteiger charge is -2.60. The molecule has 4 aliphatic rings. The molecule has 2 nitrogen and oxygen atoms in total. The van der Waals surface area contributed by atoms with Crippen LogP contribution in [-0.4, -0.2) is 17.3 Å². The van der Waals surface area contributed by atoms with Gasteiger partial charge in [0, 0.05) is 6.04 Å². The molecule has 0 aromatic heterocycles. The van der Waals surface area contributed by atoms with Crippen LogP contribution in [0.3, 0.4) is 0 Å². The summed E-state index contributed by atoms with van der Waals surface area (Å²) in [4.78, 5) is 0. The summed E-state index contributed by atoms with van der Waals surface area (Å²) in [7, 11) is 0. The highest BCUT2D eigenvalue weighted by Gasteiger charge is 2.59. The van der Waals surface area contributed by atoms with E-state index in [0.717, 1.165) is 30.1 Å². The number of hydrogen-bond acceptors (Lipinski definition) is 2. The van der Waals surface area contributed by atoms with E-state index in [1.165, 1.54) is 51.4 Å². The van der Waals surface area contributed by atoms with Crippen LogP contribution in [0.4, 0.5) is 0 Å². The Kier molecular flexibility index (Phi) is 3.25. The lowest BCUT2D eigenvalue weighted by molar-refractivity contribution is -0.122. The number of aliphatic hydroxyl groups excluding tert-OH is 1. The molecule has 21 heavy (non-hydrogen) atoms. The Morgan fingerprint density at radius 3 is 2.38 bits per heavy atom. The standard InChI is InChI=1S/C19H33NO/c1-18-9-7-13(20)11-12(18)3-4-14-15-5-6-17(21)19(15,2)10-8-16(14)18/h12-17,21H,3-11,20H2,1-2H3/t12-,13+,14?,15?,16?,17+,18?,19?/m0/s1. The van der Waals surface area contributed by atoms with E-state index in [1.54, 1.807) is 0 Å². The lowest BCUT2D eigenvalue weighted by atomic mass is 9.45. The molecule has 4 aliphatic carbocycles. The molecule has 0 aliphatic heterocycles. The van der Waals surface area contributed by atoms with Crippen molar-refractivity contribution in [1.82, 2.24) is 0 Å². The van der Waals surface area contributed by atoms with E-state index in [4.69, 9.17) is 5.73 Å². The van der Waals surface area contributed by atoms with Crippen molar-refractivity contribution in [2.75, 3.05) is 0 Å². The summed E-state index contributed by atoms with van der Waals surface area (Å²) in [6, 6.07) is 0.460. The summed E-state index contributed by atoms with van der Waals surface area (Å²) < 4.78 is 0. The molecule has 0 saturated heterocycles. The smallest absolute Gasteiger partial charge is 0.0596 e. The molecular weight excluding hydrogens is 258 g/mol. The van der Waals surface area contributed by atoms with E-state index in [0.29, 0.717) is 11.5 Å². The van der Waals surface area contributed by atoms with Gasteiger partial charge in [0.2, 0.25) is 0 Å². The van der Waals surface area contributed by atoms with Crippen LogP contribution in [0.25, 0.3) is 0 Å². The molecule has 4 fully saturated rings. The predicted molar refractivity (Wildman–Crippen MR) is 85.7 cm³/mol. The van der Waals surface area contributed by atoms with Gasteiger partial charge in [-0.25, -0.2) is 0 Å². The van der Waals surface area contributed by atoms with Crippen molar-refractivity contribution in [2.24, 2.45) is 40.2 Å². The minimum atomic E-state index is -0.0336. The van der Waals surface area contributed by atoms with Gasteiger partial charge in [0.05, 0.1) is 6.10 Å². The number of nitrogens with two attached hydrogens (primary N) is 1. The second kappa shape index (κ2) is 4.71. The van der Waals surface area contributed by atoms with Crippen LogP contribution in [0, 0.1) is 34.5 Å². The number of aliphatic hydroxyl groups is 1. The molecule has 0 aromatic carbocycles. The van der Waals surface area contributed by atoms with Gasteiger partial charge >= 0.3 is 0 Å². The van der Waals surface area contributed by atoms with Crippen molar-refractivity contribution >= 4 is 0 Å². The zero-order valence-electron chi connectivity index (χ0n) is 13.9. The summed E-state index contributed by atoms with van der Waals surface area (Å²) in [6.07, 6.45) is 11.6. The van der Waals surface area contributed by atoms with Gasteiger partial charge in [-0.1, -0.05) is 13.8 Å². The first kappa shape index (κ1) is 14.5. The minimum Gasteiger partial charge on any atom is -0.393 e. The zero-order valence-corrected chi connectivity index (χ0v) is 13.9. The molecule has 8 atom stereocenters. The Morgan fingerprint density at radius 1 is 0.857 bits per heavy atom. The van der Waals surface area contributed by atoms with Gasteiger partial charge in [0.1, 0.15) is 0 Å². The maximum absolute atomic E-state index is 10.5. The third-order valence-corrected chi connectivity index (χ3v) is 8.66. The van der Waals surface area contributed by atoms with Gasteiger partial charge in [0.15, 0.2) is 0 Å². The summed E-state index contributed by atoms with van der Waals surface area (Å²) in [5.41, 5.74) is 7.04. The average molecular weight is 291 g/mol. The molecule has 0 spiro atoms. The fourth-order valence-corrected chi connectivity index (χ4v) is 7.26. The van der Waals surface area contributed by atoms with Crippen LogP contribution in [-0.2, 0) is 0 Å². The molecule has 3 N–H and O–H groups in total. The predicted octanol–water partition coefficient (Wildman–Crippen LogP) is 3.72. The van der Waals surface area contributed by atoms with Gasteiger partial charge in [-0.15, -0.1) is 0 Å². The second-order valence-electron chi connectivity index (χ2n) is 9.33. The normalized spacial score (nSPS) is 60.0. The van der Waals surface area contributed by atoms with Gasteiger partial charge in [-0.3, -0.25) is 0 Å². The Bertz CT molecular complexity index is 424. The molecule has 0 radical (unpaired) electrons. The number of fused-ring (bicyclic) bond motifs is 5. The molecule has 4 rings (SSSR count). The number of rotatable bonds is 0. The van der Waals surface area contributed by atoms with Crippen LogP contribution in [0.2, 0.25) is 0 Å². The largest absolute Gasteiger partial charge is 0.393 e. The van der Waals surface area contributed by atoms with Gasteiger partial charge in [-0.2, -0.15) is 0 Å². The summed E-state index contributed by atoms with van der Waals surface area (Å²) >= 11 is 0. The zero-order chi connectivity index (χ0) is 14.8. The molecule has 0 aromatic rings. The van der Waals surface area contributed by atoms with Crippen molar-refractivity contribution < 1.29 is 5.11 Å². The summed E-state index contributed by atoms with van der Waals surface area (Å²) in [6.45, 7) is 4.98. The maximum Gasteiger partial charge on any atom is 0.0596 e. The van der Waals surface area contributed by atoms with E-state index in [9.17, 15) is 5.11 Å². The van der Waals surface area contributed by atoms with E-state index >= 15 is 0 Å². The number of hydrogen-bond donors (Lipinski definition) is 2. The van der Waals surface area contributed by atoms with E-state index < -0.39 is 0 Å². The average Bonchev–Trinajstić information content (AvgIpc) is 2.76. The van der Waals surface area contributed by atoms with Crippen LogP contribution in [0.15, 0.2) is 0 Å². The monoisotopic (exact) mass is 291 g/mol. The van der Waals surface area contributed by atoms with Gasteiger partial charge in [-0.05, 0) is 92.3 Å². The molecule has 5 unspecified atom stereocenters. The quantitative estimate of drug-likeness (QED) is 0.714. The van der Waals surface area contributed by atoms with Crippen LogP contribution in [0.1, 0.15) is 71.6 Å². The first-order valence-corrected chi connectivity index (χ1v) is 9.39. The Labute approximate surface area is 129 Å². The molecule has 4 saturated carbocycles. The van der Waals surface area contributed by atoms with Crippen molar-refractivity contribution in [3.05, 3.63) is 0 Å². The highest BCUT2D eigenvalue weighted by molar-refractivity contribution is 5.09. The second-order valence-corrected chi connectivity index (χ2v) is 9.33. The third kappa shape index (κ3) is 1.91. The first-order chi connectivity index (χ1) is 9.95. The molecule has 0 amide bonds. The van der Waals surface area contributed by atoms with Crippen LogP contribution in [0.5, 0.6) is 0 Å². The van der Waals surface area contributed by atoms with E-state index in [1.807, 2.05) is 0 Å². The van der Waals surface area contributed by atoms with Crippen LogP contribution >= 0.6 is 0 Å². The fourth-order valence-electron chi connectivity index (χ4n) is 7.26. The van der Waals surface area contributed by atoms with Crippen molar-refractivity contribution in [3.8, 4) is 0 Å². The lowest BCUT2D eigenvalue weighted by Crippen LogP contribution is -2.55. The van der Waals surface area contributed by atoms with Crippen LogP contribution < -0.4 is 5.73 Å². The topological polar surface area (TPSA) is 46.2 Å². The summed E-state index contributed by atoms with van der Waals surface area (Å²) in [5, 5.41) is 10.5. The minimum absolute atomic E-state index is 0.0336. The van der Waals surface area contributed by atoms with Gasteiger partial charge in [0.25, 0.3) is 0 Å². The fraction of sp³-hybridized carbons (Fsp3) is 1.00. The Hall–Kier alpha value is -0.0800. The SMILES string of the molecule is CC12CC[C@@H](N)C[C@@H]1CCC1C2CCC2(C)C1CC[C@H]2O. The van der Waals surface area contributed by atoms with E-state index in [2.05, 4.69) is 13.8 Å². The molecular formula is C19H33NO. The Balaban J connectivity index is 1.62. The summed E-state index contributed by atoms with van der Waals surface area (Å²) in [5.74, 6) is 3.46. The highest BCUT2D eigenvalue weighted by Crippen LogP contribution is 2.66. The van der Waals surface area contributed by atoms with Crippen molar-refractivity contribution in [3.63, 3.8) is 0 Å². The maximum atomic E-state index is 10.5. The third-order valence-electron chi connectivity index (χ3n) is 8.66. The van der Waals surface area contributed by atoms with Crippen molar-refractivity contribution in [1.29, 1.82) is 0 Å². The highest BCUT2D eigenvalue weighted by atomic mass is 16.3. The molecule has 2 heteroatoms. The Morgan fingerprint density at radius 2 is 1.57 bits per heavy atom. The molecule has 0 heterocycles. The molecule has 120 valence electrons. The van der Waals surface area contributed by atoms with Crippen molar-refractivity contribution in [2.45, 2.75) is 83.8 Å². The van der Waals surface area contributed by atoms with E-state index in [-0.39, 0.29) is 11.5 Å². The van der Waals surface area contributed by atoms with Gasteiger partial charge < -0.3 is 10.8 Å². The first-order valence-electron chi connectivity index (χ1n) is 9.39.